The van der Waals surface area contributed by atoms with E-state index in [-0.39, 0.29) is 23.2 Å². The fraction of sp³-hybridized carbons (Fsp3) is 0.267. The molecule has 0 amide bonds. The van der Waals surface area contributed by atoms with Crippen molar-refractivity contribution in [3.63, 3.8) is 0 Å². The lowest BCUT2D eigenvalue weighted by atomic mass is 9.96. The van der Waals surface area contributed by atoms with Crippen LogP contribution >= 0.6 is 0 Å². The van der Waals surface area contributed by atoms with E-state index in [4.69, 9.17) is 28.4 Å². The number of nitrogens with one attached hydrogen (secondary N) is 4. The molecule has 4 aliphatic rings. The number of rotatable bonds is 12. The number of aromatic amines is 2. The maximum absolute atomic E-state index is 12.6. The zero-order valence-corrected chi connectivity index (χ0v) is 43.0. The summed E-state index contributed by atoms with van der Waals surface area (Å²) >= 11 is 0. The molecule has 8 aromatic rings. The van der Waals surface area contributed by atoms with E-state index in [1.54, 1.807) is 38.7 Å². The molecule has 2 fully saturated rings. The van der Waals surface area contributed by atoms with Gasteiger partial charge in [0, 0.05) is 121 Å². The third-order valence-electron chi connectivity index (χ3n) is 14.1. The summed E-state index contributed by atoms with van der Waals surface area (Å²) in [4.78, 5) is 44.5. The molecule has 0 saturated carbocycles. The number of aromatic nitrogens is 4. The van der Waals surface area contributed by atoms with Crippen LogP contribution in [0, 0.1) is 0 Å². The Morgan fingerprint density at radius 2 is 0.961 bits per heavy atom. The number of anilines is 4. The van der Waals surface area contributed by atoms with E-state index in [2.05, 4.69) is 78.5 Å². The fourth-order valence-corrected chi connectivity index (χ4v) is 10.1. The molecule has 2 atom stereocenters. The van der Waals surface area contributed by atoms with Crippen LogP contribution in [-0.2, 0) is 22.3 Å². The second-order valence-corrected chi connectivity index (χ2v) is 19.2. The highest BCUT2D eigenvalue weighted by molar-refractivity contribution is 5.76. The summed E-state index contributed by atoms with van der Waals surface area (Å²) in [5, 5.41) is 7.08. The number of para-hydroxylation sites is 2. The van der Waals surface area contributed by atoms with Crippen molar-refractivity contribution in [3.8, 4) is 57.0 Å². The number of hydrogen-bond donors (Lipinski definition) is 4. The minimum Gasteiger partial charge on any atom is -0.497 e. The number of benzene rings is 4. The normalized spacial score (nSPS) is 15.2. The Hall–Kier alpha value is -8.60. The molecular formula is C60H60N8O8. The number of H-pyrrole nitrogens is 2. The van der Waals surface area contributed by atoms with E-state index < -0.39 is 0 Å². The third kappa shape index (κ3) is 10.9. The van der Waals surface area contributed by atoms with Crippen LogP contribution in [0.25, 0.3) is 22.5 Å². The summed E-state index contributed by atoms with van der Waals surface area (Å²) < 4.78 is 34.5. The first-order chi connectivity index (χ1) is 37.1. The molecule has 4 N–H and O–H groups in total. The zero-order valence-electron chi connectivity index (χ0n) is 43.0. The lowest BCUT2D eigenvalue weighted by molar-refractivity contribution is 0.122. The third-order valence-corrected chi connectivity index (χ3v) is 14.1. The molecule has 2 saturated heterocycles. The average molecular weight is 1020 g/mol. The van der Waals surface area contributed by atoms with E-state index in [0.717, 1.165) is 152 Å². The average Bonchev–Trinajstić information content (AvgIpc) is 3.48. The van der Waals surface area contributed by atoms with Gasteiger partial charge in [-0.2, -0.15) is 0 Å². The van der Waals surface area contributed by atoms with E-state index in [1.165, 1.54) is 0 Å². The minimum absolute atomic E-state index is 0.00196. The van der Waals surface area contributed by atoms with Crippen LogP contribution in [0.2, 0.25) is 0 Å². The van der Waals surface area contributed by atoms with Crippen molar-refractivity contribution in [2.45, 2.75) is 38.8 Å². The van der Waals surface area contributed by atoms with Gasteiger partial charge in [-0.25, -0.2) is 0 Å². The van der Waals surface area contributed by atoms with Crippen molar-refractivity contribution in [1.82, 2.24) is 19.9 Å². The van der Waals surface area contributed by atoms with Crippen LogP contribution in [0.5, 0.6) is 34.5 Å². The molecule has 4 aromatic heterocycles. The number of ether oxygens (including phenoxy) is 6. The first-order valence-corrected chi connectivity index (χ1v) is 25.7. The van der Waals surface area contributed by atoms with Gasteiger partial charge in [-0.05, 0) is 97.8 Å². The van der Waals surface area contributed by atoms with Gasteiger partial charge < -0.3 is 58.8 Å². The van der Waals surface area contributed by atoms with Gasteiger partial charge in [0.1, 0.15) is 34.5 Å². The monoisotopic (exact) mass is 1020 g/mol. The molecule has 0 spiro atoms. The molecular weight excluding hydrogens is 961 g/mol. The van der Waals surface area contributed by atoms with Gasteiger partial charge in [0.2, 0.25) is 11.1 Å². The molecule has 2 unspecified atom stereocenters. The summed E-state index contributed by atoms with van der Waals surface area (Å²) in [5.74, 6) is 4.76. The minimum atomic E-state index is -0.131. The molecule has 0 radical (unpaired) electrons. The van der Waals surface area contributed by atoms with Gasteiger partial charge in [0.15, 0.2) is 0 Å². The Morgan fingerprint density at radius 3 is 1.38 bits per heavy atom. The molecule has 16 heteroatoms. The standard InChI is InChI=1S/2C30H30N4O4/c2*1-19(26-18-24(36-2)8-9-31-26)32-22-6-7-28-21(15-22)14-20-4-3-5-25(30(20)38-28)27-16-23(17-29(35)33-27)34-10-12-37-13-11-34/h2*3-9,15-19,32H,10-14H2,1-2H3,(H,33,35). The summed E-state index contributed by atoms with van der Waals surface area (Å²) in [6.07, 6.45) is 4.97. The van der Waals surface area contributed by atoms with Crippen LogP contribution in [0.15, 0.2) is 143 Å². The number of morpholine rings is 2. The van der Waals surface area contributed by atoms with Gasteiger partial charge in [-0.1, -0.05) is 24.3 Å². The molecule has 0 aliphatic carbocycles. The van der Waals surface area contributed by atoms with Crippen molar-refractivity contribution >= 4 is 22.7 Å². The van der Waals surface area contributed by atoms with E-state index in [1.807, 2.05) is 84.9 Å². The highest BCUT2D eigenvalue weighted by Crippen LogP contribution is 2.45. The Morgan fingerprint density at radius 1 is 0.526 bits per heavy atom. The smallest absolute Gasteiger partial charge is 0.250 e. The maximum Gasteiger partial charge on any atom is 0.250 e. The second kappa shape index (κ2) is 22.1. The Balaban J connectivity index is 0.000000162. The molecule has 0 bridgehead atoms. The lowest BCUT2D eigenvalue weighted by Crippen LogP contribution is -2.36. The number of methoxy groups -OCH3 is 2. The number of hydrogen-bond acceptors (Lipinski definition) is 14. The van der Waals surface area contributed by atoms with Crippen molar-refractivity contribution < 1.29 is 28.4 Å². The molecule has 76 heavy (non-hydrogen) atoms. The van der Waals surface area contributed by atoms with Crippen molar-refractivity contribution in [3.05, 3.63) is 188 Å². The van der Waals surface area contributed by atoms with Crippen molar-refractivity contribution in [2.75, 3.05) is 87.3 Å². The van der Waals surface area contributed by atoms with Gasteiger partial charge in [-0.3, -0.25) is 19.6 Å². The SMILES string of the molecule is COc1ccnc(C(C)Nc2ccc3c(c2)Cc2cccc(-c4cc(N5CCOCC5)cc(=O)[nH]4)c2O3)c1.COc1ccnc(C(C)Nc2ccc3c(c2)Cc2cccc(-c4cc(N5CCOCC5)cc(=O)[nH]4)c2O3)c1. The highest BCUT2D eigenvalue weighted by Gasteiger charge is 2.25. The van der Waals surface area contributed by atoms with Crippen LogP contribution in [-0.4, -0.2) is 86.8 Å². The molecule has 12 rings (SSSR count). The summed E-state index contributed by atoms with van der Waals surface area (Å²) in [5.41, 5.74) is 12.9. The van der Waals surface area contributed by atoms with Gasteiger partial charge in [-0.15, -0.1) is 0 Å². The molecule has 8 heterocycles. The predicted molar refractivity (Wildman–Crippen MR) is 295 cm³/mol. The lowest BCUT2D eigenvalue weighted by Gasteiger charge is -2.29. The molecule has 16 nitrogen and oxygen atoms in total. The van der Waals surface area contributed by atoms with E-state index in [9.17, 15) is 9.59 Å². The van der Waals surface area contributed by atoms with Crippen molar-refractivity contribution in [2.24, 2.45) is 0 Å². The number of nitrogens with zero attached hydrogens (tertiary/aromatic N) is 4. The highest BCUT2D eigenvalue weighted by atomic mass is 16.5. The quantitative estimate of drug-likeness (QED) is 0.0909. The largest absolute Gasteiger partial charge is 0.497 e. The maximum atomic E-state index is 12.6. The number of pyridine rings is 4. The first-order valence-electron chi connectivity index (χ1n) is 25.7. The predicted octanol–water partition coefficient (Wildman–Crippen LogP) is 10.3. The zero-order chi connectivity index (χ0) is 52.1. The van der Waals surface area contributed by atoms with Crippen LogP contribution < -0.4 is 50.5 Å². The summed E-state index contributed by atoms with van der Waals surface area (Å²) in [6.45, 7) is 9.86. The van der Waals surface area contributed by atoms with Crippen molar-refractivity contribution in [1.29, 1.82) is 0 Å². The summed E-state index contributed by atoms with van der Waals surface area (Å²) in [7, 11) is 3.31. The van der Waals surface area contributed by atoms with Gasteiger partial charge in [0.25, 0.3) is 0 Å². The topological polar surface area (TPSA) is 177 Å². The van der Waals surface area contributed by atoms with Gasteiger partial charge >= 0.3 is 0 Å². The number of fused-ring (bicyclic) bond motifs is 4. The summed E-state index contributed by atoms with van der Waals surface area (Å²) in [6, 6.07) is 39.4. The first kappa shape index (κ1) is 49.6. The Labute approximate surface area is 440 Å². The second-order valence-electron chi connectivity index (χ2n) is 19.2. The molecule has 388 valence electrons. The van der Waals surface area contributed by atoms with Gasteiger partial charge in [0.05, 0.1) is 75.5 Å². The fourth-order valence-electron chi connectivity index (χ4n) is 10.1. The van der Waals surface area contributed by atoms with Crippen LogP contribution in [0.4, 0.5) is 22.7 Å². The van der Waals surface area contributed by atoms with Crippen LogP contribution in [0.1, 0.15) is 59.6 Å². The van der Waals surface area contributed by atoms with E-state index in [0.29, 0.717) is 26.4 Å². The van der Waals surface area contributed by atoms with E-state index >= 15 is 0 Å². The molecule has 4 aliphatic heterocycles. The van der Waals surface area contributed by atoms with Crippen LogP contribution in [0.3, 0.4) is 0 Å². The Kier molecular flexibility index (Phi) is 14.4. The Bertz CT molecular complexity index is 3280. The molecule has 4 aromatic carbocycles.